The fourth-order valence-electron chi connectivity index (χ4n) is 3.17. The maximum atomic E-state index is 11.5. The molecule has 0 aromatic heterocycles. The third-order valence-electron chi connectivity index (χ3n) is 4.51. The zero-order valence-corrected chi connectivity index (χ0v) is 9.52. The number of carbonyl (C=O) groups excluding carboxylic acids is 1. The van der Waals surface area contributed by atoms with Crippen molar-refractivity contribution in [1.29, 1.82) is 0 Å². The highest BCUT2D eigenvalue weighted by Gasteiger charge is 2.52. The lowest BCUT2D eigenvalue weighted by atomic mass is 9.62. The molecule has 0 aromatic carbocycles. The minimum Gasteiger partial charge on any atom is -0.351 e. The Labute approximate surface area is 86.5 Å². The van der Waals surface area contributed by atoms with Crippen molar-refractivity contribution in [1.82, 2.24) is 5.32 Å². The molecule has 1 aliphatic heterocycles. The van der Waals surface area contributed by atoms with Crippen LogP contribution in [0.1, 0.15) is 52.9 Å². The van der Waals surface area contributed by atoms with Gasteiger partial charge in [-0.15, -0.1) is 0 Å². The van der Waals surface area contributed by atoms with E-state index in [1.165, 1.54) is 25.7 Å². The van der Waals surface area contributed by atoms with Crippen molar-refractivity contribution in [3.05, 3.63) is 0 Å². The number of hydrogen-bond acceptors (Lipinski definition) is 1. The van der Waals surface area contributed by atoms with Crippen LogP contribution in [-0.2, 0) is 4.79 Å². The van der Waals surface area contributed by atoms with Gasteiger partial charge in [-0.05, 0) is 32.6 Å². The van der Waals surface area contributed by atoms with Crippen molar-refractivity contribution in [2.24, 2.45) is 11.3 Å². The van der Waals surface area contributed by atoms with Crippen molar-refractivity contribution >= 4 is 5.91 Å². The van der Waals surface area contributed by atoms with Crippen molar-refractivity contribution in [3.8, 4) is 0 Å². The van der Waals surface area contributed by atoms with Gasteiger partial charge in [0.05, 0.1) is 0 Å². The van der Waals surface area contributed by atoms with Gasteiger partial charge in [-0.1, -0.05) is 19.8 Å². The molecule has 2 heteroatoms. The second-order valence-electron chi connectivity index (χ2n) is 5.81. The minimum atomic E-state index is 0.0181. The molecule has 0 radical (unpaired) electrons. The molecule has 0 aromatic rings. The predicted octanol–water partition coefficient (Wildman–Crippen LogP) is 2.48. The van der Waals surface area contributed by atoms with Crippen molar-refractivity contribution in [2.75, 3.05) is 0 Å². The third-order valence-corrected chi connectivity index (χ3v) is 4.51. The molecule has 0 unspecified atom stereocenters. The van der Waals surface area contributed by atoms with E-state index >= 15 is 0 Å². The number of carbonyl (C=O) groups is 1. The van der Waals surface area contributed by atoms with E-state index in [1.807, 2.05) is 0 Å². The van der Waals surface area contributed by atoms with Crippen LogP contribution < -0.4 is 5.32 Å². The van der Waals surface area contributed by atoms with Crippen LogP contribution in [0.4, 0.5) is 0 Å². The summed E-state index contributed by atoms with van der Waals surface area (Å²) in [5.41, 5.74) is 0.279. The van der Waals surface area contributed by atoms with E-state index in [1.54, 1.807) is 0 Å². The second-order valence-corrected chi connectivity index (χ2v) is 5.81. The zero-order valence-electron chi connectivity index (χ0n) is 9.52. The van der Waals surface area contributed by atoms with E-state index in [0.29, 0.717) is 0 Å². The molecule has 14 heavy (non-hydrogen) atoms. The van der Waals surface area contributed by atoms with E-state index in [4.69, 9.17) is 0 Å². The molecule has 1 heterocycles. The van der Waals surface area contributed by atoms with Gasteiger partial charge in [-0.3, -0.25) is 4.79 Å². The largest absolute Gasteiger partial charge is 0.351 e. The summed E-state index contributed by atoms with van der Waals surface area (Å²) in [6, 6.07) is 0. The summed E-state index contributed by atoms with van der Waals surface area (Å²) in [6.07, 6.45) is 5.78. The van der Waals surface area contributed by atoms with Crippen LogP contribution in [0, 0.1) is 11.3 Å². The van der Waals surface area contributed by atoms with Gasteiger partial charge in [0.15, 0.2) is 0 Å². The lowest BCUT2D eigenvalue weighted by molar-refractivity contribution is -0.120. The van der Waals surface area contributed by atoms with Gasteiger partial charge in [0.2, 0.25) is 5.91 Å². The summed E-state index contributed by atoms with van der Waals surface area (Å²) in [5.74, 6) is 1.11. The van der Waals surface area contributed by atoms with Crippen LogP contribution in [0.25, 0.3) is 0 Å². The molecule has 1 saturated heterocycles. The van der Waals surface area contributed by atoms with Crippen LogP contribution >= 0.6 is 0 Å². The lowest BCUT2D eigenvalue weighted by Crippen LogP contribution is -2.48. The average molecular weight is 195 g/mol. The fourth-order valence-corrected chi connectivity index (χ4v) is 3.17. The first-order valence-electron chi connectivity index (χ1n) is 5.76. The summed E-state index contributed by atoms with van der Waals surface area (Å²) < 4.78 is 0. The Morgan fingerprint density at radius 3 is 2.29 bits per heavy atom. The quantitative estimate of drug-likeness (QED) is 0.632. The standard InChI is InChI=1S/C12H21NO/c1-9-4-6-12(7-5-9)8-10(14)13-11(12,2)3/h9H,4-8H2,1-3H3,(H,13,14). The third kappa shape index (κ3) is 1.35. The number of rotatable bonds is 0. The van der Waals surface area contributed by atoms with Crippen LogP contribution in [0.2, 0.25) is 0 Å². The molecule has 0 bridgehead atoms. The minimum absolute atomic E-state index is 0.0181. The Morgan fingerprint density at radius 1 is 1.29 bits per heavy atom. The number of amides is 1. The van der Waals surface area contributed by atoms with E-state index in [9.17, 15) is 4.79 Å². The van der Waals surface area contributed by atoms with Gasteiger partial charge in [0.25, 0.3) is 0 Å². The molecule has 2 nitrogen and oxygen atoms in total. The first-order chi connectivity index (χ1) is 6.45. The van der Waals surface area contributed by atoms with Crippen LogP contribution in [0.15, 0.2) is 0 Å². The normalized spacial score (nSPS) is 41.4. The Bertz CT molecular complexity index is 249. The Morgan fingerprint density at radius 2 is 1.86 bits per heavy atom. The highest BCUT2D eigenvalue weighted by Crippen LogP contribution is 2.51. The molecule has 1 saturated carbocycles. The van der Waals surface area contributed by atoms with Crippen LogP contribution in [0.3, 0.4) is 0 Å². The lowest BCUT2D eigenvalue weighted by Gasteiger charge is -2.44. The van der Waals surface area contributed by atoms with Gasteiger partial charge in [-0.25, -0.2) is 0 Å². The molecular formula is C12H21NO. The van der Waals surface area contributed by atoms with Gasteiger partial charge in [0.1, 0.15) is 0 Å². The molecule has 1 N–H and O–H groups in total. The van der Waals surface area contributed by atoms with Gasteiger partial charge < -0.3 is 5.32 Å². The summed E-state index contributed by atoms with van der Waals surface area (Å²) in [5, 5.41) is 3.13. The van der Waals surface area contributed by atoms with E-state index < -0.39 is 0 Å². The maximum absolute atomic E-state index is 11.5. The highest BCUT2D eigenvalue weighted by molar-refractivity contribution is 5.80. The first kappa shape index (κ1) is 10.0. The summed E-state index contributed by atoms with van der Waals surface area (Å²) >= 11 is 0. The van der Waals surface area contributed by atoms with Crippen molar-refractivity contribution in [3.63, 3.8) is 0 Å². The number of nitrogens with one attached hydrogen (secondary N) is 1. The Balaban J connectivity index is 2.19. The van der Waals surface area contributed by atoms with Crippen LogP contribution in [-0.4, -0.2) is 11.4 Å². The van der Waals surface area contributed by atoms with E-state index in [0.717, 1.165) is 12.3 Å². The smallest absolute Gasteiger partial charge is 0.221 e. The van der Waals surface area contributed by atoms with E-state index in [-0.39, 0.29) is 16.9 Å². The molecule has 1 aliphatic carbocycles. The first-order valence-corrected chi connectivity index (χ1v) is 5.76. The molecule has 1 amide bonds. The molecule has 2 fully saturated rings. The molecular weight excluding hydrogens is 174 g/mol. The van der Waals surface area contributed by atoms with Gasteiger partial charge in [0, 0.05) is 17.4 Å². The average Bonchev–Trinajstić information content (AvgIpc) is 2.28. The van der Waals surface area contributed by atoms with E-state index in [2.05, 4.69) is 26.1 Å². The van der Waals surface area contributed by atoms with Crippen molar-refractivity contribution in [2.45, 2.75) is 58.4 Å². The highest BCUT2D eigenvalue weighted by atomic mass is 16.2. The molecule has 2 aliphatic rings. The Kier molecular flexibility index (Phi) is 2.13. The summed E-state index contributed by atoms with van der Waals surface area (Å²) in [6.45, 7) is 6.70. The second kappa shape index (κ2) is 2.98. The van der Waals surface area contributed by atoms with Crippen LogP contribution in [0.5, 0.6) is 0 Å². The maximum Gasteiger partial charge on any atom is 0.221 e. The molecule has 0 atom stereocenters. The zero-order chi connectivity index (χ0) is 10.4. The predicted molar refractivity (Wildman–Crippen MR) is 56.9 cm³/mol. The van der Waals surface area contributed by atoms with Gasteiger partial charge in [-0.2, -0.15) is 0 Å². The van der Waals surface area contributed by atoms with Gasteiger partial charge >= 0.3 is 0 Å². The molecule has 1 spiro atoms. The number of hydrogen-bond donors (Lipinski definition) is 1. The monoisotopic (exact) mass is 195 g/mol. The summed E-state index contributed by atoms with van der Waals surface area (Å²) in [4.78, 5) is 11.5. The molecule has 80 valence electrons. The SMILES string of the molecule is CC1CCC2(CC1)CC(=O)NC2(C)C. The van der Waals surface area contributed by atoms with Crippen molar-refractivity contribution < 1.29 is 4.79 Å². The molecule has 2 rings (SSSR count). The summed E-state index contributed by atoms with van der Waals surface area (Å²) in [7, 11) is 0. The Hall–Kier alpha value is -0.530. The topological polar surface area (TPSA) is 29.1 Å². The fraction of sp³-hybridized carbons (Fsp3) is 0.917.